The van der Waals surface area contributed by atoms with Crippen LogP contribution < -0.4 is 5.32 Å². The summed E-state index contributed by atoms with van der Waals surface area (Å²) in [6.07, 6.45) is 5.48. The van der Waals surface area contributed by atoms with Crippen LogP contribution in [0.2, 0.25) is 0 Å². The van der Waals surface area contributed by atoms with Gasteiger partial charge >= 0.3 is 0 Å². The molecule has 3 heteroatoms. The molecule has 1 aromatic carbocycles. The highest BCUT2D eigenvalue weighted by molar-refractivity contribution is 5.31. The molecule has 1 aliphatic carbocycles. The van der Waals surface area contributed by atoms with Gasteiger partial charge in [0.1, 0.15) is 0 Å². The van der Waals surface area contributed by atoms with Crippen LogP contribution in [-0.4, -0.2) is 30.9 Å². The van der Waals surface area contributed by atoms with Gasteiger partial charge in [-0.2, -0.15) is 0 Å². The molecule has 1 fully saturated rings. The fraction of sp³-hybridized carbons (Fsp3) is 0.647. The van der Waals surface area contributed by atoms with Crippen LogP contribution in [0.1, 0.15) is 42.9 Å². The van der Waals surface area contributed by atoms with Crippen LogP contribution in [0.3, 0.4) is 0 Å². The van der Waals surface area contributed by atoms with Crippen molar-refractivity contribution in [1.82, 2.24) is 5.32 Å². The van der Waals surface area contributed by atoms with Gasteiger partial charge in [-0.1, -0.05) is 30.7 Å². The number of nitrogens with one attached hydrogen (secondary N) is 1. The molecule has 3 atom stereocenters. The van der Waals surface area contributed by atoms with E-state index in [0.717, 1.165) is 45.4 Å². The second-order valence-electron chi connectivity index (χ2n) is 6.15. The summed E-state index contributed by atoms with van der Waals surface area (Å²) >= 11 is 0. The van der Waals surface area contributed by atoms with Gasteiger partial charge in [-0.15, -0.1) is 0 Å². The summed E-state index contributed by atoms with van der Waals surface area (Å²) in [7, 11) is 0. The highest BCUT2D eigenvalue weighted by Crippen LogP contribution is 2.27. The lowest BCUT2D eigenvalue weighted by molar-refractivity contribution is 0.0403. The molecule has 110 valence electrons. The second kappa shape index (κ2) is 6.70. The fourth-order valence-corrected chi connectivity index (χ4v) is 3.51. The minimum Gasteiger partial charge on any atom is -0.393 e. The van der Waals surface area contributed by atoms with Crippen molar-refractivity contribution in [2.24, 2.45) is 5.92 Å². The standard InChI is InChI=1S/C17H25NO2/c19-15-6-3-4-13(10-15)11-18-12-17-16-7-2-1-5-14(16)8-9-20-17/h1-2,5,7,13,15,17-19H,3-4,6,8-12H2. The van der Waals surface area contributed by atoms with Crippen LogP contribution in [0.25, 0.3) is 0 Å². The third-order valence-corrected chi connectivity index (χ3v) is 4.61. The summed E-state index contributed by atoms with van der Waals surface area (Å²) < 4.78 is 5.90. The molecule has 3 unspecified atom stereocenters. The molecule has 2 aliphatic rings. The lowest BCUT2D eigenvalue weighted by Gasteiger charge is -2.29. The summed E-state index contributed by atoms with van der Waals surface area (Å²) in [6, 6.07) is 8.60. The first-order chi connectivity index (χ1) is 9.83. The van der Waals surface area contributed by atoms with Crippen molar-refractivity contribution in [3.63, 3.8) is 0 Å². The van der Waals surface area contributed by atoms with E-state index >= 15 is 0 Å². The quantitative estimate of drug-likeness (QED) is 0.887. The van der Waals surface area contributed by atoms with Gasteiger partial charge in [0.2, 0.25) is 0 Å². The molecule has 0 spiro atoms. The molecule has 1 aliphatic heterocycles. The maximum atomic E-state index is 9.71. The smallest absolute Gasteiger partial charge is 0.0952 e. The van der Waals surface area contributed by atoms with Crippen LogP contribution in [-0.2, 0) is 11.2 Å². The molecule has 0 radical (unpaired) electrons. The van der Waals surface area contributed by atoms with E-state index in [9.17, 15) is 5.11 Å². The molecule has 2 N–H and O–H groups in total. The Bertz CT molecular complexity index is 435. The van der Waals surface area contributed by atoms with Crippen LogP contribution in [0.5, 0.6) is 0 Å². The van der Waals surface area contributed by atoms with Crippen molar-refractivity contribution in [3.05, 3.63) is 35.4 Å². The van der Waals surface area contributed by atoms with E-state index in [4.69, 9.17) is 4.74 Å². The number of aliphatic hydroxyl groups is 1. The van der Waals surface area contributed by atoms with E-state index in [-0.39, 0.29) is 12.2 Å². The molecule has 1 aromatic rings. The van der Waals surface area contributed by atoms with Gasteiger partial charge in [-0.3, -0.25) is 0 Å². The third kappa shape index (κ3) is 3.40. The van der Waals surface area contributed by atoms with Crippen LogP contribution in [0, 0.1) is 5.92 Å². The van der Waals surface area contributed by atoms with Gasteiger partial charge in [-0.25, -0.2) is 0 Å². The Labute approximate surface area is 121 Å². The number of hydrogen-bond acceptors (Lipinski definition) is 3. The van der Waals surface area contributed by atoms with Gasteiger partial charge in [-0.05, 0) is 49.3 Å². The SMILES string of the molecule is OC1CCCC(CNCC2OCCc3ccccc32)C1. The van der Waals surface area contributed by atoms with Crippen molar-refractivity contribution in [3.8, 4) is 0 Å². The van der Waals surface area contributed by atoms with Gasteiger partial charge in [0.05, 0.1) is 18.8 Å². The van der Waals surface area contributed by atoms with Crippen LogP contribution in [0.15, 0.2) is 24.3 Å². The van der Waals surface area contributed by atoms with Gasteiger partial charge in [0.25, 0.3) is 0 Å². The van der Waals surface area contributed by atoms with E-state index < -0.39 is 0 Å². The molecule has 3 nitrogen and oxygen atoms in total. The maximum absolute atomic E-state index is 9.71. The Morgan fingerprint density at radius 1 is 1.20 bits per heavy atom. The maximum Gasteiger partial charge on any atom is 0.0952 e. The van der Waals surface area contributed by atoms with E-state index in [1.807, 2.05) is 0 Å². The van der Waals surface area contributed by atoms with E-state index in [2.05, 4.69) is 29.6 Å². The van der Waals surface area contributed by atoms with Gasteiger partial charge < -0.3 is 15.2 Å². The molecule has 0 aromatic heterocycles. The number of benzene rings is 1. The van der Waals surface area contributed by atoms with Gasteiger partial charge in [0, 0.05) is 6.54 Å². The number of fused-ring (bicyclic) bond motifs is 1. The summed E-state index contributed by atoms with van der Waals surface area (Å²) in [5, 5.41) is 13.3. The van der Waals surface area contributed by atoms with Crippen molar-refractivity contribution in [1.29, 1.82) is 0 Å². The Hall–Kier alpha value is -0.900. The third-order valence-electron chi connectivity index (χ3n) is 4.61. The van der Waals surface area contributed by atoms with Crippen molar-refractivity contribution >= 4 is 0 Å². The Kier molecular flexibility index (Phi) is 4.71. The first-order valence-corrected chi connectivity index (χ1v) is 7.91. The minimum atomic E-state index is -0.0813. The molecule has 0 saturated heterocycles. The number of hydrogen-bond donors (Lipinski definition) is 2. The van der Waals surface area contributed by atoms with Gasteiger partial charge in [0.15, 0.2) is 0 Å². The van der Waals surface area contributed by atoms with Crippen LogP contribution in [0.4, 0.5) is 0 Å². The number of ether oxygens (including phenoxy) is 1. The highest BCUT2D eigenvalue weighted by Gasteiger charge is 2.22. The number of aliphatic hydroxyl groups excluding tert-OH is 1. The highest BCUT2D eigenvalue weighted by atomic mass is 16.5. The molecule has 1 heterocycles. The molecular formula is C17H25NO2. The summed E-state index contributed by atoms with van der Waals surface area (Å²) in [5.41, 5.74) is 2.77. The first-order valence-electron chi connectivity index (χ1n) is 7.91. The summed E-state index contributed by atoms with van der Waals surface area (Å²) in [5.74, 6) is 0.623. The monoisotopic (exact) mass is 275 g/mol. The second-order valence-corrected chi connectivity index (χ2v) is 6.15. The lowest BCUT2D eigenvalue weighted by Crippen LogP contribution is -2.33. The molecule has 0 amide bonds. The fourth-order valence-electron chi connectivity index (χ4n) is 3.51. The Balaban J connectivity index is 1.49. The Morgan fingerprint density at radius 2 is 2.10 bits per heavy atom. The normalized spacial score (nSPS) is 29.9. The zero-order valence-corrected chi connectivity index (χ0v) is 12.1. The number of rotatable bonds is 4. The summed E-state index contributed by atoms with van der Waals surface area (Å²) in [6.45, 7) is 2.70. The Morgan fingerprint density at radius 3 is 3.00 bits per heavy atom. The van der Waals surface area contributed by atoms with E-state index in [1.165, 1.54) is 17.5 Å². The minimum absolute atomic E-state index is 0.0813. The van der Waals surface area contributed by atoms with E-state index in [0.29, 0.717) is 5.92 Å². The molecule has 20 heavy (non-hydrogen) atoms. The van der Waals surface area contributed by atoms with Crippen molar-refractivity contribution < 1.29 is 9.84 Å². The first kappa shape index (κ1) is 14.1. The van der Waals surface area contributed by atoms with E-state index in [1.54, 1.807) is 0 Å². The predicted molar refractivity (Wildman–Crippen MR) is 79.7 cm³/mol. The molecular weight excluding hydrogens is 250 g/mol. The molecule has 1 saturated carbocycles. The molecule has 0 bridgehead atoms. The lowest BCUT2D eigenvalue weighted by atomic mass is 9.87. The van der Waals surface area contributed by atoms with Crippen molar-refractivity contribution in [2.75, 3.05) is 19.7 Å². The largest absolute Gasteiger partial charge is 0.393 e. The zero-order valence-electron chi connectivity index (χ0n) is 12.1. The topological polar surface area (TPSA) is 41.5 Å². The summed E-state index contributed by atoms with van der Waals surface area (Å²) in [4.78, 5) is 0. The molecule has 3 rings (SSSR count). The van der Waals surface area contributed by atoms with Crippen molar-refractivity contribution in [2.45, 2.75) is 44.3 Å². The average Bonchev–Trinajstić information content (AvgIpc) is 2.48. The zero-order chi connectivity index (χ0) is 13.8. The average molecular weight is 275 g/mol. The predicted octanol–water partition coefficient (Wildman–Crippen LogP) is 2.44. The van der Waals surface area contributed by atoms with Crippen LogP contribution >= 0.6 is 0 Å².